The van der Waals surface area contributed by atoms with Crippen molar-refractivity contribution in [2.24, 2.45) is 5.92 Å². The molecule has 2 aliphatic rings. The summed E-state index contributed by atoms with van der Waals surface area (Å²) >= 11 is 0. The molecule has 2 bridgehead atoms. The molecule has 5 heteroatoms. The van der Waals surface area contributed by atoms with Gasteiger partial charge in [-0.3, -0.25) is 9.69 Å². The van der Waals surface area contributed by atoms with E-state index < -0.39 is 12.0 Å². The largest absolute Gasteiger partial charge is 0.469 e. The first-order chi connectivity index (χ1) is 10.0. The van der Waals surface area contributed by atoms with E-state index in [0.717, 1.165) is 12.0 Å². The number of aliphatic hydroxyl groups is 1. The lowest BCUT2D eigenvalue weighted by Gasteiger charge is -2.42. The van der Waals surface area contributed by atoms with E-state index in [-0.39, 0.29) is 29.8 Å². The minimum absolute atomic E-state index is 0.0404. The van der Waals surface area contributed by atoms with Crippen LogP contribution in [0.1, 0.15) is 24.3 Å². The van der Waals surface area contributed by atoms with E-state index in [1.54, 1.807) is 12.1 Å². The number of aliphatic hydroxyl groups excluding tert-OH is 1. The number of fused-ring (bicyclic) bond motifs is 2. The third-order valence-electron chi connectivity index (χ3n) is 5.05. The SMILES string of the molecule is COC(=O)[C@@H]1[C@H]2[C@H](O)C[C@H](C[C@H]1c1ccc(F)cc1)N2C. The van der Waals surface area contributed by atoms with Gasteiger partial charge in [0.2, 0.25) is 0 Å². The van der Waals surface area contributed by atoms with Gasteiger partial charge in [0.15, 0.2) is 0 Å². The maximum atomic E-state index is 13.1. The van der Waals surface area contributed by atoms with E-state index in [9.17, 15) is 14.3 Å². The van der Waals surface area contributed by atoms with Gasteiger partial charge in [-0.15, -0.1) is 0 Å². The van der Waals surface area contributed by atoms with Crippen molar-refractivity contribution in [2.45, 2.75) is 36.9 Å². The van der Waals surface area contributed by atoms with Crippen molar-refractivity contribution in [3.8, 4) is 0 Å². The number of methoxy groups -OCH3 is 1. The summed E-state index contributed by atoms with van der Waals surface area (Å²) < 4.78 is 18.1. The van der Waals surface area contributed by atoms with E-state index in [2.05, 4.69) is 4.90 Å². The molecule has 2 heterocycles. The third kappa shape index (κ3) is 2.34. The second-order valence-electron chi connectivity index (χ2n) is 6.06. The van der Waals surface area contributed by atoms with E-state index in [0.29, 0.717) is 6.42 Å². The molecule has 5 atom stereocenters. The van der Waals surface area contributed by atoms with Gasteiger partial charge >= 0.3 is 5.97 Å². The van der Waals surface area contributed by atoms with Crippen molar-refractivity contribution >= 4 is 5.97 Å². The smallest absolute Gasteiger partial charge is 0.310 e. The average molecular weight is 293 g/mol. The van der Waals surface area contributed by atoms with Crippen molar-refractivity contribution in [1.82, 2.24) is 4.90 Å². The molecular weight excluding hydrogens is 273 g/mol. The van der Waals surface area contributed by atoms with Crippen LogP contribution >= 0.6 is 0 Å². The lowest BCUT2D eigenvalue weighted by Crippen LogP contribution is -2.51. The first kappa shape index (κ1) is 14.5. The van der Waals surface area contributed by atoms with Crippen LogP contribution in [-0.4, -0.2) is 48.3 Å². The fourth-order valence-corrected chi connectivity index (χ4v) is 4.03. The molecule has 0 spiro atoms. The number of esters is 1. The third-order valence-corrected chi connectivity index (χ3v) is 5.05. The molecule has 4 nitrogen and oxygen atoms in total. The predicted molar refractivity (Wildman–Crippen MR) is 75.2 cm³/mol. The minimum atomic E-state index is -0.519. The summed E-state index contributed by atoms with van der Waals surface area (Å²) in [6.07, 6.45) is 0.927. The summed E-state index contributed by atoms with van der Waals surface area (Å²) in [6.45, 7) is 0. The summed E-state index contributed by atoms with van der Waals surface area (Å²) in [7, 11) is 3.32. The van der Waals surface area contributed by atoms with E-state index in [1.165, 1.54) is 19.2 Å². The monoisotopic (exact) mass is 293 g/mol. The van der Waals surface area contributed by atoms with Gasteiger partial charge in [-0.1, -0.05) is 12.1 Å². The number of hydrogen-bond donors (Lipinski definition) is 1. The van der Waals surface area contributed by atoms with Gasteiger partial charge in [-0.05, 0) is 37.6 Å². The molecule has 1 N–H and O–H groups in total. The van der Waals surface area contributed by atoms with Crippen molar-refractivity contribution in [3.63, 3.8) is 0 Å². The Kier molecular flexibility index (Phi) is 3.71. The van der Waals surface area contributed by atoms with E-state index in [1.807, 2.05) is 7.05 Å². The zero-order valence-electron chi connectivity index (χ0n) is 12.2. The predicted octanol–water partition coefficient (Wildman–Crippen LogP) is 1.54. The first-order valence-electron chi connectivity index (χ1n) is 7.26. The number of hydrogen-bond acceptors (Lipinski definition) is 4. The Labute approximate surface area is 123 Å². The molecule has 1 aromatic carbocycles. The molecule has 21 heavy (non-hydrogen) atoms. The van der Waals surface area contributed by atoms with E-state index >= 15 is 0 Å². The molecule has 114 valence electrons. The number of rotatable bonds is 2. The molecule has 0 saturated carbocycles. The summed E-state index contributed by atoms with van der Waals surface area (Å²) in [6, 6.07) is 6.31. The highest BCUT2D eigenvalue weighted by Gasteiger charge is 2.53. The standard InChI is InChI=1S/C16H20FNO3/c1-18-11-7-12(9-3-5-10(17)6-4-9)14(16(20)21-2)15(18)13(19)8-11/h3-6,11-15,19H,7-8H2,1-2H3/t11-,12-,13+,14-,15+/m0/s1. The highest BCUT2D eigenvalue weighted by molar-refractivity contribution is 5.75. The van der Waals surface area contributed by atoms with Crippen LogP contribution < -0.4 is 0 Å². The quantitative estimate of drug-likeness (QED) is 0.840. The van der Waals surface area contributed by atoms with Crippen molar-refractivity contribution in [1.29, 1.82) is 0 Å². The van der Waals surface area contributed by atoms with Crippen molar-refractivity contribution in [3.05, 3.63) is 35.6 Å². The maximum Gasteiger partial charge on any atom is 0.310 e. The Morgan fingerprint density at radius 3 is 2.62 bits per heavy atom. The molecule has 0 aliphatic carbocycles. The molecule has 2 fully saturated rings. The summed E-state index contributed by atoms with van der Waals surface area (Å²) in [5.41, 5.74) is 0.934. The molecule has 2 aliphatic heterocycles. The second-order valence-corrected chi connectivity index (χ2v) is 6.06. The van der Waals surface area contributed by atoms with Crippen LogP contribution in [0.3, 0.4) is 0 Å². The number of carbonyl (C=O) groups excluding carboxylic acids is 1. The average Bonchev–Trinajstić information content (AvgIpc) is 2.66. The number of benzene rings is 1. The minimum Gasteiger partial charge on any atom is -0.469 e. The normalized spacial score (nSPS) is 35.7. The fourth-order valence-electron chi connectivity index (χ4n) is 4.03. The Morgan fingerprint density at radius 1 is 1.33 bits per heavy atom. The Bertz CT molecular complexity index is 533. The number of halogens is 1. The molecule has 3 rings (SSSR count). The van der Waals surface area contributed by atoms with Crippen LogP contribution in [0.4, 0.5) is 4.39 Å². The molecular formula is C16H20FNO3. The highest BCUT2D eigenvalue weighted by atomic mass is 19.1. The van der Waals surface area contributed by atoms with E-state index in [4.69, 9.17) is 4.74 Å². The van der Waals surface area contributed by atoms with Gasteiger partial charge in [0.25, 0.3) is 0 Å². The zero-order chi connectivity index (χ0) is 15.1. The van der Waals surface area contributed by atoms with Crippen molar-refractivity contribution < 1.29 is 19.0 Å². The van der Waals surface area contributed by atoms with Crippen LogP contribution in [-0.2, 0) is 9.53 Å². The number of carbonyl (C=O) groups is 1. The van der Waals surface area contributed by atoms with Crippen LogP contribution in [0.15, 0.2) is 24.3 Å². The lowest BCUT2D eigenvalue weighted by molar-refractivity contribution is -0.151. The summed E-state index contributed by atoms with van der Waals surface area (Å²) in [5, 5.41) is 10.3. The van der Waals surface area contributed by atoms with Gasteiger partial charge in [0.05, 0.1) is 19.1 Å². The van der Waals surface area contributed by atoms with Crippen LogP contribution in [0, 0.1) is 11.7 Å². The molecule has 0 unspecified atom stereocenters. The van der Waals surface area contributed by atoms with Crippen molar-refractivity contribution in [2.75, 3.05) is 14.2 Å². The Morgan fingerprint density at radius 2 is 2.00 bits per heavy atom. The molecule has 0 radical (unpaired) electrons. The van der Waals surface area contributed by atoms with Crippen LogP contribution in [0.5, 0.6) is 0 Å². The van der Waals surface area contributed by atoms with Gasteiger partial charge in [0.1, 0.15) is 5.82 Å². The zero-order valence-corrected chi connectivity index (χ0v) is 12.2. The Balaban J connectivity index is 1.98. The number of ether oxygens (including phenoxy) is 1. The number of piperidine rings is 1. The maximum absolute atomic E-state index is 13.1. The Hall–Kier alpha value is -1.46. The summed E-state index contributed by atoms with van der Waals surface area (Å²) in [4.78, 5) is 14.4. The topological polar surface area (TPSA) is 49.8 Å². The first-order valence-corrected chi connectivity index (χ1v) is 7.26. The van der Waals surface area contributed by atoms with Gasteiger partial charge in [0, 0.05) is 18.0 Å². The van der Waals surface area contributed by atoms with Gasteiger partial charge in [-0.25, -0.2) is 4.39 Å². The van der Waals surface area contributed by atoms with Gasteiger partial charge in [-0.2, -0.15) is 0 Å². The molecule has 2 saturated heterocycles. The molecule has 1 aromatic rings. The number of likely N-dealkylation sites (N-methyl/N-ethyl adjacent to an activating group) is 1. The van der Waals surface area contributed by atoms with Gasteiger partial charge < -0.3 is 9.84 Å². The molecule has 0 amide bonds. The lowest BCUT2D eigenvalue weighted by atomic mass is 9.76. The highest BCUT2D eigenvalue weighted by Crippen LogP contribution is 2.46. The summed E-state index contributed by atoms with van der Waals surface area (Å²) in [5.74, 6) is -1.05. The molecule has 0 aromatic heterocycles. The van der Waals surface area contributed by atoms with Crippen LogP contribution in [0.25, 0.3) is 0 Å². The number of nitrogens with zero attached hydrogens (tertiary/aromatic N) is 1. The second kappa shape index (κ2) is 5.39. The van der Waals surface area contributed by atoms with Crippen LogP contribution in [0.2, 0.25) is 0 Å². The fraction of sp³-hybridized carbons (Fsp3) is 0.562.